The average Bonchev–Trinajstić information content (AvgIpc) is 3.10. The Morgan fingerprint density at radius 3 is 2.31 bits per heavy atom. The lowest BCUT2D eigenvalue weighted by Gasteiger charge is -2.20. The van der Waals surface area contributed by atoms with Crippen molar-refractivity contribution < 1.29 is 8.42 Å². The van der Waals surface area contributed by atoms with Crippen LogP contribution in [0, 0.1) is 13.8 Å². The van der Waals surface area contributed by atoms with Crippen LogP contribution in [0.5, 0.6) is 0 Å². The predicted molar refractivity (Wildman–Crippen MR) is 118 cm³/mol. The molecule has 4 aromatic rings. The molecule has 0 fully saturated rings. The molecule has 148 valence electrons. The molecule has 1 unspecified atom stereocenters. The molecule has 0 saturated heterocycles. The van der Waals surface area contributed by atoms with E-state index in [1.165, 1.54) is 0 Å². The molecule has 4 nitrogen and oxygen atoms in total. The number of fused-ring (bicyclic) bond motifs is 1. The topological polar surface area (TPSA) is 62.0 Å². The van der Waals surface area contributed by atoms with E-state index in [0.29, 0.717) is 10.6 Å². The van der Waals surface area contributed by atoms with Crippen LogP contribution in [-0.4, -0.2) is 13.4 Å². The Morgan fingerprint density at radius 1 is 0.897 bits per heavy atom. The summed E-state index contributed by atoms with van der Waals surface area (Å²) in [5, 5.41) is 1.47. The van der Waals surface area contributed by atoms with Gasteiger partial charge in [0.05, 0.1) is 10.9 Å². The standard InChI is InChI=1S/C23H21ClN2O2S/c1-15-7-10-17(11-8-15)29(27,28)26-23(18-5-3-4-6-21(18)24)20-14-25-22-12-9-16(2)13-19(20)22/h3-14,23,25-26H,1-2H3. The molecule has 0 saturated carbocycles. The zero-order chi connectivity index (χ0) is 20.6. The van der Waals surface area contributed by atoms with Crippen LogP contribution in [-0.2, 0) is 10.0 Å². The first kappa shape index (κ1) is 19.7. The number of hydrogen-bond acceptors (Lipinski definition) is 2. The highest BCUT2D eigenvalue weighted by Crippen LogP contribution is 2.34. The van der Waals surface area contributed by atoms with Gasteiger partial charge in [-0.2, -0.15) is 4.72 Å². The van der Waals surface area contributed by atoms with Gasteiger partial charge < -0.3 is 4.98 Å². The van der Waals surface area contributed by atoms with Gasteiger partial charge in [0.2, 0.25) is 10.0 Å². The summed E-state index contributed by atoms with van der Waals surface area (Å²) in [4.78, 5) is 3.46. The maximum atomic E-state index is 13.2. The van der Waals surface area contributed by atoms with E-state index in [2.05, 4.69) is 9.71 Å². The highest BCUT2D eigenvalue weighted by Gasteiger charge is 2.26. The second-order valence-electron chi connectivity index (χ2n) is 7.18. The van der Waals surface area contributed by atoms with Crippen LogP contribution in [0.4, 0.5) is 0 Å². The van der Waals surface area contributed by atoms with Crippen molar-refractivity contribution in [3.8, 4) is 0 Å². The third-order valence-electron chi connectivity index (χ3n) is 5.00. The Hall–Kier alpha value is -2.60. The number of benzene rings is 3. The fourth-order valence-corrected chi connectivity index (χ4v) is 4.88. The summed E-state index contributed by atoms with van der Waals surface area (Å²) in [5.74, 6) is 0. The van der Waals surface area contributed by atoms with Gasteiger partial charge in [-0.05, 0) is 55.3 Å². The quantitative estimate of drug-likeness (QED) is 0.444. The third kappa shape index (κ3) is 3.94. The summed E-state index contributed by atoms with van der Waals surface area (Å²) in [6, 6.07) is 19.5. The molecule has 4 rings (SSSR count). The molecule has 1 aromatic heterocycles. The molecular formula is C23H21ClN2O2S. The van der Waals surface area contributed by atoms with Gasteiger partial charge in [-0.1, -0.05) is 59.1 Å². The molecular weight excluding hydrogens is 404 g/mol. The zero-order valence-corrected chi connectivity index (χ0v) is 17.7. The molecule has 3 aromatic carbocycles. The SMILES string of the molecule is Cc1ccc(S(=O)(=O)NC(c2ccccc2Cl)c2c[nH]c3ccc(C)cc23)cc1. The summed E-state index contributed by atoms with van der Waals surface area (Å²) >= 11 is 6.47. The summed E-state index contributed by atoms with van der Waals surface area (Å²) in [5.41, 5.74) is 4.56. The van der Waals surface area contributed by atoms with E-state index in [1.54, 1.807) is 30.3 Å². The van der Waals surface area contributed by atoms with Crippen molar-refractivity contribution >= 4 is 32.5 Å². The number of aromatic nitrogens is 1. The van der Waals surface area contributed by atoms with Crippen LogP contribution in [0.25, 0.3) is 10.9 Å². The Kier molecular flexibility index (Phi) is 5.21. The maximum absolute atomic E-state index is 13.2. The second-order valence-corrected chi connectivity index (χ2v) is 9.30. The van der Waals surface area contributed by atoms with Gasteiger partial charge in [0.15, 0.2) is 0 Å². The molecule has 0 aliphatic carbocycles. The predicted octanol–water partition coefficient (Wildman–Crippen LogP) is 5.51. The van der Waals surface area contributed by atoms with Crippen molar-refractivity contribution in [2.45, 2.75) is 24.8 Å². The number of aromatic amines is 1. The number of nitrogens with one attached hydrogen (secondary N) is 2. The van der Waals surface area contributed by atoms with E-state index in [-0.39, 0.29) is 4.90 Å². The number of aryl methyl sites for hydroxylation is 2. The Morgan fingerprint density at radius 2 is 1.59 bits per heavy atom. The molecule has 2 N–H and O–H groups in total. The molecule has 0 bridgehead atoms. The summed E-state index contributed by atoms with van der Waals surface area (Å²) in [7, 11) is -3.77. The number of hydrogen-bond donors (Lipinski definition) is 2. The number of halogens is 1. The molecule has 29 heavy (non-hydrogen) atoms. The zero-order valence-electron chi connectivity index (χ0n) is 16.1. The van der Waals surface area contributed by atoms with Crippen LogP contribution in [0.15, 0.2) is 77.8 Å². The largest absolute Gasteiger partial charge is 0.361 e. The van der Waals surface area contributed by atoms with Gasteiger partial charge >= 0.3 is 0 Å². The van der Waals surface area contributed by atoms with Crippen LogP contribution >= 0.6 is 11.6 Å². The highest BCUT2D eigenvalue weighted by atomic mass is 35.5. The van der Waals surface area contributed by atoms with E-state index < -0.39 is 16.1 Å². The summed E-state index contributed by atoms with van der Waals surface area (Å²) in [6.07, 6.45) is 1.84. The van der Waals surface area contributed by atoms with E-state index >= 15 is 0 Å². The van der Waals surface area contributed by atoms with Gasteiger partial charge in [-0.15, -0.1) is 0 Å². The minimum absolute atomic E-state index is 0.219. The minimum Gasteiger partial charge on any atom is -0.361 e. The van der Waals surface area contributed by atoms with Gasteiger partial charge in [0, 0.05) is 22.1 Å². The van der Waals surface area contributed by atoms with Crippen LogP contribution in [0.1, 0.15) is 28.3 Å². The summed E-state index contributed by atoms with van der Waals surface area (Å²) in [6.45, 7) is 3.93. The van der Waals surface area contributed by atoms with Crippen LogP contribution in [0.3, 0.4) is 0 Å². The van der Waals surface area contributed by atoms with Gasteiger partial charge in [0.25, 0.3) is 0 Å². The smallest absolute Gasteiger partial charge is 0.241 e. The van der Waals surface area contributed by atoms with Crippen molar-refractivity contribution in [2.75, 3.05) is 0 Å². The average molecular weight is 425 g/mol. The van der Waals surface area contributed by atoms with E-state index in [9.17, 15) is 8.42 Å². The lowest BCUT2D eigenvalue weighted by Crippen LogP contribution is -2.29. The molecule has 0 aliphatic heterocycles. The van der Waals surface area contributed by atoms with Crippen molar-refractivity contribution in [2.24, 2.45) is 0 Å². The van der Waals surface area contributed by atoms with Crippen molar-refractivity contribution in [1.29, 1.82) is 0 Å². The van der Waals surface area contributed by atoms with Crippen LogP contribution < -0.4 is 4.72 Å². The molecule has 0 spiro atoms. The minimum atomic E-state index is -3.77. The molecule has 1 atom stereocenters. The van der Waals surface area contributed by atoms with Crippen molar-refractivity contribution in [3.05, 3.63) is 100 Å². The van der Waals surface area contributed by atoms with Gasteiger partial charge in [-0.3, -0.25) is 0 Å². The van der Waals surface area contributed by atoms with Gasteiger partial charge in [0.1, 0.15) is 0 Å². The maximum Gasteiger partial charge on any atom is 0.241 e. The molecule has 0 amide bonds. The molecule has 1 heterocycles. The lowest BCUT2D eigenvalue weighted by molar-refractivity contribution is 0.572. The third-order valence-corrected chi connectivity index (χ3v) is 6.78. The number of sulfonamides is 1. The normalized spacial score (nSPS) is 12.9. The first-order valence-corrected chi connectivity index (χ1v) is 11.1. The molecule has 0 radical (unpaired) electrons. The lowest BCUT2D eigenvalue weighted by atomic mass is 9.98. The first-order valence-electron chi connectivity index (χ1n) is 9.26. The van der Waals surface area contributed by atoms with Gasteiger partial charge in [-0.25, -0.2) is 8.42 Å². The fraction of sp³-hybridized carbons (Fsp3) is 0.130. The first-order chi connectivity index (χ1) is 13.8. The van der Waals surface area contributed by atoms with Crippen LogP contribution in [0.2, 0.25) is 5.02 Å². The Bertz CT molecular complexity index is 1280. The Labute approximate surface area is 175 Å². The second kappa shape index (κ2) is 7.67. The van der Waals surface area contributed by atoms with Crippen molar-refractivity contribution in [1.82, 2.24) is 9.71 Å². The molecule has 0 aliphatic rings. The number of H-pyrrole nitrogens is 1. The summed E-state index contributed by atoms with van der Waals surface area (Å²) < 4.78 is 29.2. The van der Waals surface area contributed by atoms with E-state index in [4.69, 9.17) is 11.6 Å². The van der Waals surface area contributed by atoms with E-state index in [0.717, 1.165) is 27.6 Å². The highest BCUT2D eigenvalue weighted by molar-refractivity contribution is 7.89. The Balaban J connectivity index is 1.86. The number of rotatable bonds is 5. The fourth-order valence-electron chi connectivity index (χ4n) is 3.44. The molecule has 6 heteroatoms. The van der Waals surface area contributed by atoms with E-state index in [1.807, 2.05) is 56.4 Å². The van der Waals surface area contributed by atoms with Crippen molar-refractivity contribution in [3.63, 3.8) is 0 Å². The monoisotopic (exact) mass is 424 g/mol.